The molecular formula is C13H14N2O2S. The Morgan fingerprint density at radius 1 is 1.44 bits per heavy atom. The topological polar surface area (TPSA) is 63.1 Å². The van der Waals surface area contributed by atoms with Crippen LogP contribution in [0.5, 0.6) is 0 Å². The first-order valence-corrected chi connectivity index (χ1v) is 6.46. The lowest BCUT2D eigenvalue weighted by Gasteiger charge is -2.19. The van der Waals surface area contributed by atoms with Gasteiger partial charge in [0.25, 0.3) is 0 Å². The molecule has 0 spiro atoms. The summed E-state index contributed by atoms with van der Waals surface area (Å²) in [5, 5.41) is 11.6. The van der Waals surface area contributed by atoms with E-state index >= 15 is 0 Å². The quantitative estimate of drug-likeness (QED) is 0.920. The number of aliphatic carboxylic acids is 1. The molecule has 4 nitrogen and oxygen atoms in total. The van der Waals surface area contributed by atoms with Crippen molar-refractivity contribution in [3.63, 3.8) is 0 Å². The van der Waals surface area contributed by atoms with Crippen molar-refractivity contribution in [3.8, 4) is 10.7 Å². The summed E-state index contributed by atoms with van der Waals surface area (Å²) in [7, 11) is 0. The van der Waals surface area contributed by atoms with E-state index in [0.717, 1.165) is 16.4 Å². The van der Waals surface area contributed by atoms with Gasteiger partial charge in [0.05, 0.1) is 17.8 Å². The summed E-state index contributed by atoms with van der Waals surface area (Å²) in [6.07, 6.45) is 1.79. The van der Waals surface area contributed by atoms with Gasteiger partial charge in [0.1, 0.15) is 5.01 Å². The summed E-state index contributed by atoms with van der Waals surface area (Å²) >= 11 is 1.49. The summed E-state index contributed by atoms with van der Waals surface area (Å²) < 4.78 is 0. The van der Waals surface area contributed by atoms with E-state index in [4.69, 9.17) is 5.11 Å². The molecule has 2 rings (SSSR count). The van der Waals surface area contributed by atoms with Crippen molar-refractivity contribution in [3.05, 3.63) is 35.5 Å². The Hall–Kier alpha value is -1.75. The van der Waals surface area contributed by atoms with E-state index in [-0.39, 0.29) is 6.42 Å². The lowest BCUT2D eigenvalue weighted by atomic mass is 9.86. The van der Waals surface area contributed by atoms with Crippen LogP contribution in [-0.4, -0.2) is 21.0 Å². The molecule has 0 aliphatic heterocycles. The lowest BCUT2D eigenvalue weighted by Crippen LogP contribution is -2.22. The number of aromatic nitrogens is 2. The summed E-state index contributed by atoms with van der Waals surface area (Å²) in [6, 6.07) is 5.66. The normalized spacial score (nSPS) is 11.4. The van der Waals surface area contributed by atoms with Gasteiger partial charge in [-0.2, -0.15) is 0 Å². The summed E-state index contributed by atoms with van der Waals surface area (Å²) in [5.74, 6) is -0.813. The van der Waals surface area contributed by atoms with E-state index in [9.17, 15) is 4.79 Å². The van der Waals surface area contributed by atoms with Crippen molar-refractivity contribution >= 4 is 17.3 Å². The summed E-state index contributed by atoms with van der Waals surface area (Å²) in [5.41, 5.74) is 1.16. The first-order valence-electron chi connectivity index (χ1n) is 5.58. The molecule has 0 bridgehead atoms. The standard InChI is InChI=1S/C13H14N2O2S/c1-13(2,7-11(16)17)10-8-18-12(15-10)9-5-3-4-6-14-9/h3-6,8H,7H2,1-2H3,(H,16,17). The van der Waals surface area contributed by atoms with Gasteiger partial charge in [0, 0.05) is 17.0 Å². The van der Waals surface area contributed by atoms with Crippen LogP contribution in [0.1, 0.15) is 26.0 Å². The van der Waals surface area contributed by atoms with Crippen molar-refractivity contribution < 1.29 is 9.90 Å². The van der Waals surface area contributed by atoms with Gasteiger partial charge in [-0.05, 0) is 12.1 Å². The van der Waals surface area contributed by atoms with E-state index < -0.39 is 11.4 Å². The molecule has 5 heteroatoms. The molecule has 94 valence electrons. The van der Waals surface area contributed by atoms with Crippen LogP contribution in [0.2, 0.25) is 0 Å². The van der Waals surface area contributed by atoms with Gasteiger partial charge in [0.2, 0.25) is 0 Å². The highest BCUT2D eigenvalue weighted by Crippen LogP contribution is 2.31. The number of carboxylic acid groups (broad SMARTS) is 1. The third-order valence-electron chi connectivity index (χ3n) is 2.67. The molecule has 0 amide bonds. The van der Waals surface area contributed by atoms with Crippen LogP contribution in [0.25, 0.3) is 10.7 Å². The highest BCUT2D eigenvalue weighted by Gasteiger charge is 2.27. The predicted molar refractivity (Wildman–Crippen MR) is 70.6 cm³/mol. The SMILES string of the molecule is CC(C)(CC(=O)O)c1csc(-c2ccccn2)n1. The molecule has 0 radical (unpaired) electrons. The first-order chi connectivity index (χ1) is 8.49. The van der Waals surface area contributed by atoms with E-state index in [1.807, 2.05) is 37.4 Å². The highest BCUT2D eigenvalue weighted by molar-refractivity contribution is 7.13. The Bertz CT molecular complexity index is 549. The second-order valence-corrected chi connectivity index (χ2v) is 5.57. The Balaban J connectivity index is 2.28. The van der Waals surface area contributed by atoms with Crippen LogP contribution >= 0.6 is 11.3 Å². The second kappa shape index (κ2) is 4.86. The van der Waals surface area contributed by atoms with Gasteiger partial charge in [-0.1, -0.05) is 19.9 Å². The van der Waals surface area contributed by atoms with E-state index in [0.29, 0.717) is 0 Å². The minimum Gasteiger partial charge on any atom is -0.481 e. The molecule has 2 aromatic heterocycles. The van der Waals surface area contributed by atoms with Crippen molar-refractivity contribution in [1.82, 2.24) is 9.97 Å². The van der Waals surface area contributed by atoms with E-state index in [1.165, 1.54) is 11.3 Å². The minimum absolute atomic E-state index is 0.0678. The molecule has 18 heavy (non-hydrogen) atoms. The van der Waals surface area contributed by atoms with Crippen LogP contribution in [-0.2, 0) is 10.2 Å². The zero-order chi connectivity index (χ0) is 13.2. The molecule has 0 saturated carbocycles. The number of thiazole rings is 1. The molecular weight excluding hydrogens is 248 g/mol. The smallest absolute Gasteiger partial charge is 0.304 e. The number of hydrogen-bond acceptors (Lipinski definition) is 4. The van der Waals surface area contributed by atoms with Gasteiger partial charge in [0.15, 0.2) is 0 Å². The molecule has 0 atom stereocenters. The van der Waals surface area contributed by atoms with E-state index in [1.54, 1.807) is 6.20 Å². The lowest BCUT2D eigenvalue weighted by molar-refractivity contribution is -0.138. The largest absolute Gasteiger partial charge is 0.481 e. The summed E-state index contributed by atoms with van der Waals surface area (Å²) in [6.45, 7) is 3.77. The van der Waals surface area contributed by atoms with Crippen LogP contribution in [0, 0.1) is 0 Å². The van der Waals surface area contributed by atoms with Crippen LogP contribution < -0.4 is 0 Å². The third kappa shape index (κ3) is 2.73. The Morgan fingerprint density at radius 2 is 2.22 bits per heavy atom. The fraction of sp³-hybridized carbons (Fsp3) is 0.308. The second-order valence-electron chi connectivity index (χ2n) is 4.71. The molecule has 1 N–H and O–H groups in total. The number of carboxylic acids is 1. The average Bonchev–Trinajstić information content (AvgIpc) is 2.78. The van der Waals surface area contributed by atoms with Crippen LogP contribution in [0.4, 0.5) is 0 Å². The molecule has 2 aromatic rings. The maximum absolute atomic E-state index is 10.8. The molecule has 0 unspecified atom stereocenters. The Labute approximate surface area is 109 Å². The predicted octanol–water partition coefficient (Wildman–Crippen LogP) is 2.96. The zero-order valence-corrected chi connectivity index (χ0v) is 11.1. The van der Waals surface area contributed by atoms with Crippen LogP contribution in [0.3, 0.4) is 0 Å². The first kappa shape index (κ1) is 12.7. The number of hydrogen-bond donors (Lipinski definition) is 1. The van der Waals surface area contributed by atoms with Gasteiger partial charge in [-0.25, -0.2) is 4.98 Å². The Morgan fingerprint density at radius 3 is 2.83 bits per heavy atom. The molecule has 0 aliphatic rings. The van der Waals surface area contributed by atoms with Crippen molar-refractivity contribution in [2.75, 3.05) is 0 Å². The Kier molecular flexibility index (Phi) is 3.43. The van der Waals surface area contributed by atoms with Gasteiger partial charge < -0.3 is 5.11 Å². The third-order valence-corrected chi connectivity index (χ3v) is 3.54. The maximum atomic E-state index is 10.8. The highest BCUT2D eigenvalue weighted by atomic mass is 32.1. The average molecular weight is 262 g/mol. The minimum atomic E-state index is -0.813. The van der Waals surface area contributed by atoms with Gasteiger partial charge in [-0.3, -0.25) is 9.78 Å². The van der Waals surface area contributed by atoms with Crippen molar-refractivity contribution in [2.45, 2.75) is 25.7 Å². The van der Waals surface area contributed by atoms with Crippen LogP contribution in [0.15, 0.2) is 29.8 Å². The molecule has 0 saturated heterocycles. The monoisotopic (exact) mass is 262 g/mol. The number of rotatable bonds is 4. The fourth-order valence-corrected chi connectivity index (χ4v) is 2.65. The molecule has 0 aromatic carbocycles. The fourth-order valence-electron chi connectivity index (χ4n) is 1.66. The molecule has 2 heterocycles. The molecule has 0 aliphatic carbocycles. The summed E-state index contributed by atoms with van der Waals surface area (Å²) in [4.78, 5) is 19.6. The van der Waals surface area contributed by atoms with Gasteiger partial charge in [-0.15, -0.1) is 11.3 Å². The number of pyridine rings is 1. The molecule has 0 fully saturated rings. The number of carbonyl (C=O) groups is 1. The van der Waals surface area contributed by atoms with Crippen molar-refractivity contribution in [1.29, 1.82) is 0 Å². The van der Waals surface area contributed by atoms with Crippen molar-refractivity contribution in [2.24, 2.45) is 0 Å². The van der Waals surface area contributed by atoms with Gasteiger partial charge >= 0.3 is 5.97 Å². The van der Waals surface area contributed by atoms with E-state index in [2.05, 4.69) is 9.97 Å². The number of nitrogens with zero attached hydrogens (tertiary/aromatic N) is 2. The zero-order valence-electron chi connectivity index (χ0n) is 10.3. The maximum Gasteiger partial charge on any atom is 0.304 e.